The molecule has 0 unspecified atom stereocenters. The van der Waals surface area contributed by atoms with Crippen molar-refractivity contribution in [2.24, 2.45) is 11.8 Å². The van der Waals surface area contributed by atoms with Crippen molar-refractivity contribution < 1.29 is 4.79 Å². The second-order valence-electron chi connectivity index (χ2n) is 7.19. The van der Waals surface area contributed by atoms with Crippen molar-refractivity contribution in [3.8, 4) is 0 Å². The molecule has 0 atom stereocenters. The first-order valence-electron chi connectivity index (χ1n) is 8.83. The third-order valence-corrected chi connectivity index (χ3v) is 5.64. The van der Waals surface area contributed by atoms with Crippen LogP contribution in [0.25, 0.3) is 0 Å². The van der Waals surface area contributed by atoms with E-state index in [0.29, 0.717) is 17.7 Å². The van der Waals surface area contributed by atoms with Crippen LogP contribution >= 0.6 is 11.6 Å². The zero-order valence-corrected chi connectivity index (χ0v) is 14.8. The SMILES string of the molecule is CN(CC1CCN(Cc2ccc(Cl)cc2)CC1)C(=O)C1CCC1. The van der Waals surface area contributed by atoms with Gasteiger partial charge in [-0.25, -0.2) is 0 Å². The minimum Gasteiger partial charge on any atom is -0.345 e. The fourth-order valence-corrected chi connectivity index (χ4v) is 3.75. The Morgan fingerprint density at radius 1 is 1.17 bits per heavy atom. The van der Waals surface area contributed by atoms with Gasteiger partial charge in [0.05, 0.1) is 0 Å². The highest BCUT2D eigenvalue weighted by molar-refractivity contribution is 6.30. The summed E-state index contributed by atoms with van der Waals surface area (Å²) in [6, 6.07) is 8.15. The van der Waals surface area contributed by atoms with Crippen molar-refractivity contribution in [1.29, 1.82) is 0 Å². The third-order valence-electron chi connectivity index (χ3n) is 5.39. The van der Waals surface area contributed by atoms with Gasteiger partial charge in [0, 0.05) is 31.1 Å². The Morgan fingerprint density at radius 3 is 2.39 bits per heavy atom. The van der Waals surface area contributed by atoms with Gasteiger partial charge in [0.2, 0.25) is 5.91 Å². The Kier molecular flexibility index (Phi) is 5.60. The minimum atomic E-state index is 0.324. The predicted molar refractivity (Wildman–Crippen MR) is 94.4 cm³/mol. The lowest BCUT2D eigenvalue weighted by Gasteiger charge is -2.35. The van der Waals surface area contributed by atoms with Crippen LogP contribution in [0.4, 0.5) is 0 Å². The highest BCUT2D eigenvalue weighted by atomic mass is 35.5. The van der Waals surface area contributed by atoms with E-state index >= 15 is 0 Å². The maximum atomic E-state index is 12.2. The number of piperidine rings is 1. The summed E-state index contributed by atoms with van der Waals surface area (Å²) in [5, 5.41) is 0.798. The molecule has 1 aliphatic carbocycles. The second-order valence-corrected chi connectivity index (χ2v) is 7.63. The molecule has 23 heavy (non-hydrogen) atoms. The van der Waals surface area contributed by atoms with Gasteiger partial charge in [-0.2, -0.15) is 0 Å². The Balaban J connectivity index is 1.41. The van der Waals surface area contributed by atoms with E-state index in [2.05, 4.69) is 17.0 Å². The van der Waals surface area contributed by atoms with E-state index in [1.165, 1.54) is 24.8 Å². The molecule has 126 valence electrons. The molecule has 1 aromatic rings. The first kappa shape index (κ1) is 16.8. The fourth-order valence-electron chi connectivity index (χ4n) is 3.62. The van der Waals surface area contributed by atoms with Crippen molar-refractivity contribution >= 4 is 17.5 Å². The number of hydrogen-bond acceptors (Lipinski definition) is 2. The van der Waals surface area contributed by atoms with Crippen LogP contribution in [-0.4, -0.2) is 42.4 Å². The standard InChI is InChI=1S/C19H27ClN2O/c1-21(19(23)17-3-2-4-17)13-16-9-11-22(12-10-16)14-15-5-7-18(20)8-6-15/h5-8,16-17H,2-4,9-14H2,1H3. The van der Waals surface area contributed by atoms with Crippen molar-refractivity contribution in [2.45, 2.75) is 38.6 Å². The number of halogens is 1. The molecule has 3 rings (SSSR count). The molecule has 0 spiro atoms. The van der Waals surface area contributed by atoms with Crippen LogP contribution in [0.3, 0.4) is 0 Å². The van der Waals surface area contributed by atoms with E-state index in [1.807, 2.05) is 24.1 Å². The molecular weight excluding hydrogens is 308 g/mol. The van der Waals surface area contributed by atoms with Gasteiger partial charge in [-0.05, 0) is 62.4 Å². The maximum absolute atomic E-state index is 12.2. The van der Waals surface area contributed by atoms with Gasteiger partial charge in [0.15, 0.2) is 0 Å². The van der Waals surface area contributed by atoms with Crippen LogP contribution in [0.5, 0.6) is 0 Å². The summed E-state index contributed by atoms with van der Waals surface area (Å²) in [7, 11) is 1.99. The summed E-state index contributed by atoms with van der Waals surface area (Å²) in [5.74, 6) is 1.36. The van der Waals surface area contributed by atoms with E-state index < -0.39 is 0 Å². The highest BCUT2D eigenvalue weighted by Crippen LogP contribution is 2.29. The van der Waals surface area contributed by atoms with Gasteiger partial charge in [-0.15, -0.1) is 0 Å². The van der Waals surface area contributed by atoms with E-state index in [1.54, 1.807) is 0 Å². The summed E-state index contributed by atoms with van der Waals surface area (Å²) in [4.78, 5) is 16.7. The maximum Gasteiger partial charge on any atom is 0.225 e. The molecule has 1 aromatic carbocycles. The van der Waals surface area contributed by atoms with Crippen LogP contribution in [0, 0.1) is 11.8 Å². The fraction of sp³-hybridized carbons (Fsp3) is 0.632. The summed E-state index contributed by atoms with van der Waals surface area (Å²) in [5.41, 5.74) is 1.32. The number of carbonyl (C=O) groups excluding carboxylic acids is 1. The zero-order chi connectivity index (χ0) is 16.2. The van der Waals surface area contributed by atoms with E-state index in [9.17, 15) is 4.79 Å². The normalized spacial score (nSPS) is 20.3. The van der Waals surface area contributed by atoms with Crippen molar-refractivity contribution in [3.63, 3.8) is 0 Å². The number of amides is 1. The Hall–Kier alpha value is -1.06. The molecule has 1 heterocycles. The van der Waals surface area contributed by atoms with Gasteiger partial charge in [-0.1, -0.05) is 30.2 Å². The van der Waals surface area contributed by atoms with Crippen LogP contribution in [0.1, 0.15) is 37.7 Å². The first-order valence-corrected chi connectivity index (χ1v) is 9.21. The Morgan fingerprint density at radius 2 is 1.83 bits per heavy atom. The molecule has 1 amide bonds. The lowest BCUT2D eigenvalue weighted by Crippen LogP contribution is -2.42. The second kappa shape index (κ2) is 7.67. The van der Waals surface area contributed by atoms with Crippen molar-refractivity contribution in [3.05, 3.63) is 34.9 Å². The molecule has 3 nitrogen and oxygen atoms in total. The number of hydrogen-bond donors (Lipinski definition) is 0. The number of nitrogens with zero attached hydrogens (tertiary/aromatic N) is 2. The van der Waals surface area contributed by atoms with Crippen LogP contribution in [-0.2, 0) is 11.3 Å². The molecule has 1 saturated heterocycles. The van der Waals surface area contributed by atoms with Gasteiger partial charge >= 0.3 is 0 Å². The Bertz CT molecular complexity index is 519. The first-order chi connectivity index (χ1) is 11.1. The van der Waals surface area contributed by atoms with Gasteiger partial charge in [-0.3, -0.25) is 9.69 Å². The van der Waals surface area contributed by atoms with E-state index in [0.717, 1.165) is 44.0 Å². The van der Waals surface area contributed by atoms with Crippen LogP contribution in [0.2, 0.25) is 5.02 Å². The number of rotatable bonds is 5. The van der Waals surface area contributed by atoms with Crippen molar-refractivity contribution in [1.82, 2.24) is 9.80 Å². The van der Waals surface area contributed by atoms with Crippen LogP contribution in [0.15, 0.2) is 24.3 Å². The summed E-state index contributed by atoms with van der Waals surface area (Å²) in [6.07, 6.45) is 5.81. The molecule has 0 radical (unpaired) electrons. The summed E-state index contributed by atoms with van der Waals surface area (Å²) in [6.45, 7) is 4.18. The van der Waals surface area contributed by atoms with Gasteiger partial charge in [0.25, 0.3) is 0 Å². The zero-order valence-electron chi connectivity index (χ0n) is 14.0. The number of benzene rings is 1. The van der Waals surface area contributed by atoms with Crippen LogP contribution < -0.4 is 0 Å². The molecule has 2 aliphatic rings. The van der Waals surface area contributed by atoms with Gasteiger partial charge in [0.1, 0.15) is 0 Å². The summed E-state index contributed by atoms with van der Waals surface area (Å²) < 4.78 is 0. The molecule has 0 bridgehead atoms. The predicted octanol–water partition coefficient (Wildman–Crippen LogP) is 3.81. The van der Waals surface area contributed by atoms with Gasteiger partial charge < -0.3 is 4.90 Å². The third kappa shape index (κ3) is 4.48. The minimum absolute atomic E-state index is 0.324. The highest BCUT2D eigenvalue weighted by Gasteiger charge is 2.29. The molecule has 0 N–H and O–H groups in total. The number of carbonyl (C=O) groups is 1. The largest absolute Gasteiger partial charge is 0.345 e. The molecule has 1 saturated carbocycles. The molecular formula is C19H27ClN2O. The quantitative estimate of drug-likeness (QED) is 0.817. The van der Waals surface area contributed by atoms with E-state index in [-0.39, 0.29) is 0 Å². The Labute approximate surface area is 144 Å². The lowest BCUT2D eigenvalue weighted by molar-refractivity contribution is -0.137. The monoisotopic (exact) mass is 334 g/mol. The molecule has 1 aliphatic heterocycles. The molecule has 4 heteroatoms. The van der Waals surface area contributed by atoms with E-state index in [4.69, 9.17) is 11.6 Å². The average molecular weight is 335 g/mol. The smallest absolute Gasteiger partial charge is 0.225 e. The molecule has 0 aromatic heterocycles. The average Bonchev–Trinajstić information content (AvgIpc) is 2.50. The topological polar surface area (TPSA) is 23.6 Å². The molecule has 2 fully saturated rings. The lowest BCUT2D eigenvalue weighted by atomic mass is 9.84. The van der Waals surface area contributed by atoms with Crippen molar-refractivity contribution in [2.75, 3.05) is 26.7 Å². The summed E-state index contributed by atoms with van der Waals surface area (Å²) >= 11 is 5.94. The number of likely N-dealkylation sites (tertiary alicyclic amines) is 1.